The number of carbonyl (C=O) groups excluding carboxylic acids is 3. The highest BCUT2D eigenvalue weighted by molar-refractivity contribution is 5.95. The summed E-state index contributed by atoms with van der Waals surface area (Å²) in [7, 11) is 0. The number of hydrogen-bond acceptors (Lipinski definition) is 5. The molecule has 0 unspecified atom stereocenters. The minimum absolute atomic E-state index is 0.0591. The number of rotatable bonds is 5. The van der Waals surface area contributed by atoms with Gasteiger partial charge in [0.15, 0.2) is 0 Å². The van der Waals surface area contributed by atoms with E-state index in [0.29, 0.717) is 50.3 Å². The number of benzene rings is 2. The number of hydrogen-bond donors (Lipinski definition) is 1. The lowest BCUT2D eigenvalue weighted by Gasteiger charge is -2.35. The Kier molecular flexibility index (Phi) is 5.21. The van der Waals surface area contributed by atoms with E-state index in [2.05, 4.69) is 0 Å². The average Bonchev–Trinajstić information content (AvgIpc) is 3.76. The highest BCUT2D eigenvalue weighted by Crippen LogP contribution is 2.37. The molecular formula is C25H26N2O5. The van der Waals surface area contributed by atoms with E-state index in [1.54, 1.807) is 21.9 Å². The standard InChI is InChI=1S/C25H26N2O5/c28-22(26-13-15-27(16-14-26)24(30)25(31)11-12-25)19-3-1-17(2-4-19)18-7-9-21(10-8-18)32-23(29)20-5-6-20/h1-4,7-10,20,31H,5-6,11-16H2. The summed E-state index contributed by atoms with van der Waals surface area (Å²) in [6.07, 6.45) is 2.90. The average molecular weight is 434 g/mol. The van der Waals surface area contributed by atoms with Crippen LogP contribution >= 0.6 is 0 Å². The van der Waals surface area contributed by atoms with Gasteiger partial charge < -0.3 is 19.6 Å². The highest BCUT2D eigenvalue weighted by atomic mass is 16.5. The van der Waals surface area contributed by atoms with Gasteiger partial charge in [0.05, 0.1) is 5.92 Å². The maximum atomic E-state index is 12.9. The number of amides is 2. The molecule has 1 heterocycles. The molecule has 32 heavy (non-hydrogen) atoms. The van der Waals surface area contributed by atoms with Crippen molar-refractivity contribution in [1.82, 2.24) is 9.80 Å². The van der Waals surface area contributed by atoms with Crippen LogP contribution in [0.1, 0.15) is 36.0 Å². The lowest BCUT2D eigenvalue weighted by molar-refractivity contribution is -0.144. The Morgan fingerprint density at radius 2 is 1.34 bits per heavy atom. The smallest absolute Gasteiger partial charge is 0.314 e. The Morgan fingerprint density at radius 1 is 0.812 bits per heavy atom. The zero-order valence-corrected chi connectivity index (χ0v) is 17.8. The third-order valence-electron chi connectivity index (χ3n) is 6.42. The second-order valence-corrected chi connectivity index (χ2v) is 8.91. The fourth-order valence-corrected chi connectivity index (χ4v) is 3.96. The molecule has 1 aliphatic heterocycles. The third kappa shape index (κ3) is 4.25. The van der Waals surface area contributed by atoms with Gasteiger partial charge in [-0.15, -0.1) is 0 Å². The molecule has 3 fully saturated rings. The van der Waals surface area contributed by atoms with E-state index in [-0.39, 0.29) is 23.7 Å². The number of aliphatic hydroxyl groups is 1. The zero-order valence-electron chi connectivity index (χ0n) is 17.8. The van der Waals surface area contributed by atoms with E-state index in [4.69, 9.17) is 4.74 Å². The normalized spacial score (nSPS) is 19.4. The molecule has 2 aromatic rings. The van der Waals surface area contributed by atoms with Crippen LogP contribution in [0.25, 0.3) is 11.1 Å². The minimum atomic E-state index is -1.15. The molecular weight excluding hydrogens is 408 g/mol. The summed E-state index contributed by atoms with van der Waals surface area (Å²) in [5.74, 6) is 0.184. The molecule has 166 valence electrons. The van der Waals surface area contributed by atoms with E-state index in [1.807, 2.05) is 36.4 Å². The Labute approximate surface area is 186 Å². The number of piperazine rings is 1. The monoisotopic (exact) mass is 434 g/mol. The molecule has 2 aliphatic carbocycles. The van der Waals surface area contributed by atoms with Gasteiger partial charge in [0.2, 0.25) is 0 Å². The maximum Gasteiger partial charge on any atom is 0.314 e. The Hall–Kier alpha value is -3.19. The van der Waals surface area contributed by atoms with Gasteiger partial charge >= 0.3 is 5.97 Å². The van der Waals surface area contributed by atoms with Crippen LogP contribution in [0.4, 0.5) is 0 Å². The second-order valence-electron chi connectivity index (χ2n) is 8.91. The molecule has 5 rings (SSSR count). The number of carbonyl (C=O) groups is 3. The zero-order chi connectivity index (χ0) is 22.3. The first-order valence-electron chi connectivity index (χ1n) is 11.2. The highest BCUT2D eigenvalue weighted by Gasteiger charge is 2.50. The molecule has 2 saturated carbocycles. The van der Waals surface area contributed by atoms with Gasteiger partial charge in [-0.1, -0.05) is 24.3 Å². The largest absolute Gasteiger partial charge is 0.426 e. The van der Waals surface area contributed by atoms with Crippen LogP contribution in [0.2, 0.25) is 0 Å². The maximum absolute atomic E-state index is 12.9. The summed E-state index contributed by atoms with van der Waals surface area (Å²) in [5.41, 5.74) is 1.39. The van der Waals surface area contributed by atoms with E-state index in [9.17, 15) is 19.5 Å². The number of esters is 1. The summed E-state index contributed by atoms with van der Waals surface area (Å²) < 4.78 is 5.36. The first-order valence-corrected chi connectivity index (χ1v) is 11.2. The van der Waals surface area contributed by atoms with Crippen LogP contribution < -0.4 is 4.74 Å². The fraction of sp³-hybridized carbons (Fsp3) is 0.400. The summed E-state index contributed by atoms with van der Waals surface area (Å²) in [5, 5.41) is 10.0. The van der Waals surface area contributed by atoms with Crippen molar-refractivity contribution in [3.05, 3.63) is 54.1 Å². The van der Waals surface area contributed by atoms with Crippen LogP contribution in [-0.4, -0.2) is 64.5 Å². The lowest BCUT2D eigenvalue weighted by atomic mass is 10.0. The predicted octanol–water partition coefficient (Wildman–Crippen LogP) is 2.48. The third-order valence-corrected chi connectivity index (χ3v) is 6.42. The van der Waals surface area contributed by atoms with Gasteiger partial charge in [-0.3, -0.25) is 14.4 Å². The molecule has 7 nitrogen and oxygen atoms in total. The van der Waals surface area contributed by atoms with E-state index in [1.165, 1.54) is 0 Å². The van der Waals surface area contributed by atoms with E-state index < -0.39 is 5.60 Å². The van der Waals surface area contributed by atoms with Crippen LogP contribution in [-0.2, 0) is 9.59 Å². The van der Waals surface area contributed by atoms with Crippen molar-refractivity contribution < 1.29 is 24.2 Å². The molecule has 0 spiro atoms. The van der Waals surface area contributed by atoms with Crippen molar-refractivity contribution in [3.8, 4) is 16.9 Å². The summed E-state index contributed by atoms with van der Waals surface area (Å²) in [4.78, 5) is 40.3. The molecule has 0 atom stereocenters. The Balaban J connectivity index is 1.18. The van der Waals surface area contributed by atoms with Gasteiger partial charge in [0, 0.05) is 31.7 Å². The summed E-state index contributed by atoms with van der Waals surface area (Å²) in [6, 6.07) is 14.8. The van der Waals surface area contributed by atoms with Gasteiger partial charge in [-0.05, 0) is 61.1 Å². The molecule has 0 bridgehead atoms. The quantitative estimate of drug-likeness (QED) is 0.577. The summed E-state index contributed by atoms with van der Waals surface area (Å²) in [6.45, 7) is 1.82. The second kappa shape index (κ2) is 8.06. The first kappa shape index (κ1) is 20.7. The molecule has 7 heteroatoms. The van der Waals surface area contributed by atoms with Crippen molar-refractivity contribution in [3.63, 3.8) is 0 Å². The summed E-state index contributed by atoms with van der Waals surface area (Å²) >= 11 is 0. The minimum Gasteiger partial charge on any atom is -0.426 e. The first-order chi connectivity index (χ1) is 15.4. The van der Waals surface area contributed by atoms with Crippen molar-refractivity contribution in [2.45, 2.75) is 31.3 Å². The van der Waals surface area contributed by atoms with Crippen molar-refractivity contribution in [2.24, 2.45) is 5.92 Å². The van der Waals surface area contributed by atoms with Crippen LogP contribution in [0.3, 0.4) is 0 Å². The van der Waals surface area contributed by atoms with Crippen LogP contribution in [0.5, 0.6) is 5.75 Å². The van der Waals surface area contributed by atoms with E-state index >= 15 is 0 Å². The number of ether oxygens (including phenoxy) is 1. The lowest BCUT2D eigenvalue weighted by Crippen LogP contribution is -2.53. The van der Waals surface area contributed by atoms with Gasteiger partial charge in [0.1, 0.15) is 11.4 Å². The molecule has 3 aliphatic rings. The van der Waals surface area contributed by atoms with Gasteiger partial charge in [0.25, 0.3) is 11.8 Å². The Bertz CT molecular complexity index is 1030. The topological polar surface area (TPSA) is 87.2 Å². The fourth-order valence-electron chi connectivity index (χ4n) is 3.96. The molecule has 0 radical (unpaired) electrons. The van der Waals surface area contributed by atoms with Crippen LogP contribution in [0.15, 0.2) is 48.5 Å². The van der Waals surface area contributed by atoms with E-state index in [0.717, 1.165) is 24.0 Å². The van der Waals surface area contributed by atoms with Crippen molar-refractivity contribution >= 4 is 17.8 Å². The SMILES string of the molecule is O=C(Oc1ccc(-c2ccc(C(=O)N3CCN(C(=O)C4(O)CC4)CC3)cc2)cc1)C1CC1. The van der Waals surface area contributed by atoms with Crippen molar-refractivity contribution in [2.75, 3.05) is 26.2 Å². The Morgan fingerprint density at radius 3 is 1.88 bits per heavy atom. The van der Waals surface area contributed by atoms with Gasteiger partial charge in [-0.25, -0.2) is 0 Å². The molecule has 2 aromatic carbocycles. The van der Waals surface area contributed by atoms with Crippen LogP contribution in [0, 0.1) is 5.92 Å². The van der Waals surface area contributed by atoms with Gasteiger partial charge in [-0.2, -0.15) is 0 Å². The molecule has 2 amide bonds. The molecule has 0 aromatic heterocycles. The van der Waals surface area contributed by atoms with Crippen molar-refractivity contribution in [1.29, 1.82) is 0 Å². The number of nitrogens with zero attached hydrogens (tertiary/aromatic N) is 2. The predicted molar refractivity (Wildman–Crippen MR) is 117 cm³/mol. The molecule has 1 N–H and O–H groups in total. The molecule has 1 saturated heterocycles.